The Bertz CT molecular complexity index is 436. The van der Waals surface area contributed by atoms with Gasteiger partial charge in [-0.05, 0) is 17.7 Å². The fraction of sp³-hybridized carbons (Fsp3) is 0.333. The molecule has 1 fully saturated rings. The second-order valence-electron chi connectivity index (χ2n) is 3.60. The van der Waals surface area contributed by atoms with Gasteiger partial charge in [0.25, 0.3) is 5.92 Å². The number of hydrogen-bond acceptors (Lipinski definition) is 1. The van der Waals surface area contributed by atoms with Crippen molar-refractivity contribution in [2.24, 2.45) is 5.73 Å². The summed E-state index contributed by atoms with van der Waals surface area (Å²) in [6.45, 7) is 0. The molecule has 0 aromatic heterocycles. The van der Waals surface area contributed by atoms with Crippen molar-refractivity contribution < 1.29 is 13.2 Å². The molecule has 1 aromatic rings. The number of benzene rings is 1. The summed E-state index contributed by atoms with van der Waals surface area (Å²) in [6, 6.07) is 1.95. The van der Waals surface area contributed by atoms with Crippen molar-refractivity contribution in [3.8, 4) is 0 Å². The van der Waals surface area contributed by atoms with Crippen LogP contribution in [0.15, 0.2) is 12.1 Å². The Morgan fingerprint density at radius 2 is 1.73 bits per heavy atom. The Morgan fingerprint density at radius 1 is 1.20 bits per heavy atom. The summed E-state index contributed by atoms with van der Waals surface area (Å²) in [4.78, 5) is 0. The lowest BCUT2D eigenvalue weighted by Crippen LogP contribution is -2.27. The first-order valence-electron chi connectivity index (χ1n) is 4.10. The lowest BCUT2D eigenvalue weighted by molar-refractivity contribution is 0.0891. The van der Waals surface area contributed by atoms with Gasteiger partial charge in [0.05, 0.1) is 5.02 Å². The summed E-state index contributed by atoms with van der Waals surface area (Å²) < 4.78 is 39.0. The van der Waals surface area contributed by atoms with Gasteiger partial charge >= 0.3 is 0 Å². The van der Waals surface area contributed by atoms with E-state index in [1.165, 1.54) is 0 Å². The minimum Gasteiger partial charge on any atom is -0.316 e. The number of alkyl halides is 2. The zero-order chi connectivity index (χ0) is 11.4. The molecule has 0 aliphatic heterocycles. The first-order chi connectivity index (χ1) is 6.78. The predicted octanol–water partition coefficient (Wildman–Crippen LogP) is 3.33. The van der Waals surface area contributed by atoms with Gasteiger partial charge in [0.15, 0.2) is 0 Å². The van der Waals surface area contributed by atoms with Crippen LogP contribution in [-0.2, 0) is 5.54 Å². The minimum atomic E-state index is -3.03. The fourth-order valence-corrected chi connectivity index (χ4v) is 2.01. The number of rotatable bonds is 1. The highest BCUT2D eigenvalue weighted by atomic mass is 35.5. The van der Waals surface area contributed by atoms with Gasteiger partial charge in [-0.2, -0.15) is 0 Å². The van der Waals surface area contributed by atoms with E-state index >= 15 is 0 Å². The third-order valence-electron chi connectivity index (χ3n) is 2.52. The molecule has 82 valence electrons. The summed E-state index contributed by atoms with van der Waals surface area (Å²) in [5.74, 6) is -3.83. The molecule has 2 N–H and O–H groups in total. The molecule has 1 unspecified atom stereocenters. The van der Waals surface area contributed by atoms with Crippen LogP contribution in [0.25, 0.3) is 0 Å². The second-order valence-corrected chi connectivity index (χ2v) is 4.41. The van der Waals surface area contributed by atoms with Crippen LogP contribution in [-0.4, -0.2) is 5.92 Å². The third kappa shape index (κ3) is 1.51. The molecule has 0 bridgehead atoms. The Morgan fingerprint density at radius 3 is 2.20 bits per heavy atom. The van der Waals surface area contributed by atoms with Crippen molar-refractivity contribution in [2.75, 3.05) is 0 Å². The Kier molecular flexibility index (Phi) is 2.23. The van der Waals surface area contributed by atoms with E-state index in [-0.39, 0.29) is 15.6 Å². The number of hydrogen-bond donors (Lipinski definition) is 1. The predicted molar refractivity (Wildman–Crippen MR) is 51.8 cm³/mol. The van der Waals surface area contributed by atoms with Crippen molar-refractivity contribution in [3.63, 3.8) is 0 Å². The van der Waals surface area contributed by atoms with Crippen LogP contribution >= 0.6 is 23.2 Å². The SMILES string of the molecule is NC1(c2cc(F)c(Cl)cc2Cl)CC1(F)F. The smallest absolute Gasteiger partial charge is 0.272 e. The average Bonchev–Trinajstić information content (AvgIpc) is 2.60. The molecule has 1 saturated carbocycles. The summed E-state index contributed by atoms with van der Waals surface area (Å²) in [6.07, 6.45) is -0.527. The zero-order valence-corrected chi connectivity index (χ0v) is 8.84. The van der Waals surface area contributed by atoms with E-state index < -0.39 is 23.7 Å². The Hall–Kier alpha value is -0.450. The normalized spacial score (nSPS) is 27.9. The van der Waals surface area contributed by atoms with Crippen molar-refractivity contribution in [1.82, 2.24) is 0 Å². The van der Waals surface area contributed by atoms with E-state index in [2.05, 4.69) is 0 Å². The summed E-state index contributed by atoms with van der Waals surface area (Å²) in [5.41, 5.74) is 3.47. The van der Waals surface area contributed by atoms with E-state index in [0.29, 0.717) is 0 Å². The van der Waals surface area contributed by atoms with Crippen LogP contribution in [0.4, 0.5) is 13.2 Å². The Labute approximate surface area is 94.0 Å². The largest absolute Gasteiger partial charge is 0.316 e. The summed E-state index contributed by atoms with van der Waals surface area (Å²) >= 11 is 11.1. The van der Waals surface area contributed by atoms with Gasteiger partial charge in [-0.3, -0.25) is 0 Å². The first kappa shape index (κ1) is 11.0. The van der Waals surface area contributed by atoms with Gasteiger partial charge in [0, 0.05) is 11.4 Å². The van der Waals surface area contributed by atoms with Crippen molar-refractivity contribution in [2.45, 2.75) is 17.9 Å². The first-order valence-corrected chi connectivity index (χ1v) is 4.85. The Balaban J connectivity index is 2.52. The molecule has 6 heteroatoms. The van der Waals surface area contributed by atoms with E-state index in [1.807, 2.05) is 0 Å². The molecule has 0 heterocycles. The lowest BCUT2D eigenvalue weighted by Gasteiger charge is -2.13. The molecule has 15 heavy (non-hydrogen) atoms. The van der Waals surface area contributed by atoms with Crippen LogP contribution in [0.1, 0.15) is 12.0 Å². The van der Waals surface area contributed by atoms with Gasteiger partial charge in [-0.1, -0.05) is 23.2 Å². The molecule has 1 atom stereocenters. The van der Waals surface area contributed by atoms with Crippen LogP contribution < -0.4 is 5.73 Å². The molecule has 1 aromatic carbocycles. The van der Waals surface area contributed by atoms with E-state index in [9.17, 15) is 13.2 Å². The fourth-order valence-electron chi connectivity index (χ4n) is 1.46. The molecule has 1 aliphatic rings. The quantitative estimate of drug-likeness (QED) is 0.766. The van der Waals surface area contributed by atoms with E-state index in [1.54, 1.807) is 0 Å². The monoisotopic (exact) mass is 255 g/mol. The highest BCUT2D eigenvalue weighted by molar-refractivity contribution is 6.35. The third-order valence-corrected chi connectivity index (χ3v) is 3.12. The maximum atomic E-state index is 13.1. The number of nitrogens with two attached hydrogens (primary N) is 1. The van der Waals surface area contributed by atoms with Crippen LogP contribution in [0.3, 0.4) is 0 Å². The highest BCUT2D eigenvalue weighted by Gasteiger charge is 2.70. The molecular weight excluding hydrogens is 250 g/mol. The molecular formula is C9H6Cl2F3N. The van der Waals surface area contributed by atoms with Crippen LogP contribution in [0.5, 0.6) is 0 Å². The molecule has 0 radical (unpaired) electrons. The molecule has 0 saturated heterocycles. The second kappa shape index (κ2) is 3.03. The van der Waals surface area contributed by atoms with Gasteiger partial charge in [-0.15, -0.1) is 0 Å². The van der Waals surface area contributed by atoms with Gasteiger partial charge < -0.3 is 5.73 Å². The van der Waals surface area contributed by atoms with Crippen LogP contribution in [0, 0.1) is 5.82 Å². The molecule has 0 spiro atoms. The van der Waals surface area contributed by atoms with Gasteiger partial charge in [-0.25, -0.2) is 13.2 Å². The summed E-state index contributed by atoms with van der Waals surface area (Å²) in [7, 11) is 0. The number of halogens is 5. The van der Waals surface area contributed by atoms with Crippen molar-refractivity contribution in [1.29, 1.82) is 0 Å². The van der Waals surface area contributed by atoms with E-state index in [0.717, 1.165) is 12.1 Å². The maximum Gasteiger partial charge on any atom is 0.272 e. The molecule has 0 amide bonds. The van der Waals surface area contributed by atoms with Gasteiger partial charge in [0.2, 0.25) is 0 Å². The maximum absolute atomic E-state index is 13.1. The molecule has 1 nitrogen and oxygen atoms in total. The topological polar surface area (TPSA) is 26.0 Å². The molecule has 2 rings (SSSR count). The van der Waals surface area contributed by atoms with Crippen molar-refractivity contribution >= 4 is 23.2 Å². The average molecular weight is 256 g/mol. The van der Waals surface area contributed by atoms with Crippen molar-refractivity contribution in [3.05, 3.63) is 33.6 Å². The minimum absolute atomic E-state index is 0.0407. The zero-order valence-electron chi connectivity index (χ0n) is 7.33. The lowest BCUT2D eigenvalue weighted by atomic mass is 10.1. The molecule has 1 aliphatic carbocycles. The summed E-state index contributed by atoms with van der Waals surface area (Å²) in [5, 5.41) is -0.252. The standard InChI is InChI=1S/C9H6Cl2F3N/c10-5-2-6(11)7(12)1-4(5)8(15)3-9(8,13)14/h1-2H,3,15H2. The van der Waals surface area contributed by atoms with Crippen LogP contribution in [0.2, 0.25) is 10.0 Å². The van der Waals surface area contributed by atoms with Gasteiger partial charge in [0.1, 0.15) is 11.4 Å². The highest BCUT2D eigenvalue weighted by Crippen LogP contribution is 2.59. The van der Waals surface area contributed by atoms with E-state index in [4.69, 9.17) is 28.9 Å².